The molecule has 2 N–H and O–H groups in total. The Hall–Kier alpha value is -0.490. The molecule has 5 heteroatoms. The van der Waals surface area contributed by atoms with Crippen molar-refractivity contribution in [2.75, 3.05) is 20.1 Å². The third-order valence-electron chi connectivity index (χ3n) is 5.77. The molecule has 1 saturated heterocycles. The smallest absolute Gasteiger partial charge is 0.129 e. The van der Waals surface area contributed by atoms with Gasteiger partial charge in [-0.05, 0) is 51.0 Å². The highest BCUT2D eigenvalue weighted by Crippen LogP contribution is 2.62. The molecule has 1 aromatic rings. The number of aliphatic hydroxyl groups excluding tert-OH is 1. The Morgan fingerprint density at radius 1 is 1.27 bits per heavy atom. The standard InChI is InChI=1S/C17H23BrFNO2/c1-16(2)15(21)13-12(19)5-4-11(18)14(13)17(16,22)10-6-8-20(3)9-7-10/h4-5,10,15,21-22H,6-9H2,1-3H3. The van der Waals surface area contributed by atoms with Crippen LogP contribution in [0.4, 0.5) is 4.39 Å². The summed E-state index contributed by atoms with van der Waals surface area (Å²) in [5.41, 5.74) is -1.27. The number of likely N-dealkylation sites (tertiary alicyclic amines) is 1. The minimum atomic E-state index is -1.23. The van der Waals surface area contributed by atoms with E-state index in [0.717, 1.165) is 25.9 Å². The fourth-order valence-corrected chi connectivity index (χ4v) is 4.92. The molecule has 0 aromatic heterocycles. The molecule has 1 heterocycles. The number of hydrogen-bond donors (Lipinski definition) is 2. The number of aliphatic hydroxyl groups is 2. The maximum atomic E-state index is 14.3. The van der Waals surface area contributed by atoms with Crippen LogP contribution in [0.1, 0.15) is 43.9 Å². The number of benzene rings is 1. The first-order valence-corrected chi connectivity index (χ1v) is 8.58. The summed E-state index contributed by atoms with van der Waals surface area (Å²) in [5, 5.41) is 22.4. The Labute approximate surface area is 139 Å². The summed E-state index contributed by atoms with van der Waals surface area (Å²) in [5.74, 6) is -0.435. The van der Waals surface area contributed by atoms with E-state index in [1.165, 1.54) is 6.07 Å². The van der Waals surface area contributed by atoms with Gasteiger partial charge in [-0.2, -0.15) is 0 Å². The first-order chi connectivity index (χ1) is 10.2. The molecule has 2 unspecified atom stereocenters. The molecule has 0 spiro atoms. The summed E-state index contributed by atoms with van der Waals surface area (Å²) in [6.07, 6.45) is 0.668. The Bertz CT molecular complexity index is 599. The Morgan fingerprint density at radius 3 is 2.45 bits per heavy atom. The topological polar surface area (TPSA) is 43.7 Å². The zero-order valence-electron chi connectivity index (χ0n) is 13.2. The fourth-order valence-electron chi connectivity index (χ4n) is 4.27. The van der Waals surface area contributed by atoms with E-state index < -0.39 is 22.9 Å². The second-order valence-electron chi connectivity index (χ2n) is 7.29. The molecule has 1 aliphatic heterocycles. The number of piperidine rings is 1. The van der Waals surface area contributed by atoms with E-state index >= 15 is 0 Å². The summed E-state index contributed by atoms with van der Waals surface area (Å²) in [7, 11) is 2.07. The highest BCUT2D eigenvalue weighted by molar-refractivity contribution is 9.10. The first kappa shape index (κ1) is 16.4. The van der Waals surface area contributed by atoms with Crippen LogP contribution in [0.3, 0.4) is 0 Å². The Kier molecular flexibility index (Phi) is 3.92. The van der Waals surface area contributed by atoms with E-state index in [-0.39, 0.29) is 11.5 Å². The van der Waals surface area contributed by atoms with Crippen LogP contribution in [-0.4, -0.2) is 35.3 Å². The van der Waals surface area contributed by atoms with Gasteiger partial charge in [0, 0.05) is 21.0 Å². The maximum absolute atomic E-state index is 14.3. The minimum absolute atomic E-state index is 0.00713. The van der Waals surface area contributed by atoms with Crippen molar-refractivity contribution in [3.63, 3.8) is 0 Å². The maximum Gasteiger partial charge on any atom is 0.129 e. The Morgan fingerprint density at radius 2 is 1.86 bits per heavy atom. The molecule has 0 amide bonds. The van der Waals surface area contributed by atoms with Crippen LogP contribution in [-0.2, 0) is 5.60 Å². The molecule has 0 radical (unpaired) electrons. The number of rotatable bonds is 1. The van der Waals surface area contributed by atoms with E-state index in [2.05, 4.69) is 27.9 Å². The fraction of sp³-hybridized carbons (Fsp3) is 0.647. The van der Waals surface area contributed by atoms with Crippen molar-refractivity contribution in [2.24, 2.45) is 11.3 Å². The zero-order valence-corrected chi connectivity index (χ0v) is 14.8. The molecular formula is C17H23BrFNO2. The molecule has 0 saturated carbocycles. The summed E-state index contributed by atoms with van der Waals surface area (Å²) in [6, 6.07) is 2.98. The van der Waals surface area contributed by atoms with Crippen molar-refractivity contribution in [1.29, 1.82) is 0 Å². The van der Waals surface area contributed by atoms with Gasteiger partial charge in [0.1, 0.15) is 11.4 Å². The van der Waals surface area contributed by atoms with Crippen LogP contribution in [0.25, 0.3) is 0 Å². The van der Waals surface area contributed by atoms with Crippen molar-refractivity contribution in [3.05, 3.63) is 33.5 Å². The average Bonchev–Trinajstić information content (AvgIpc) is 2.63. The summed E-state index contributed by atoms with van der Waals surface area (Å²) < 4.78 is 15.0. The number of nitrogens with zero attached hydrogens (tertiary/aromatic N) is 1. The Balaban J connectivity index is 2.17. The van der Waals surface area contributed by atoms with Gasteiger partial charge in [0.15, 0.2) is 0 Å². The normalized spacial score (nSPS) is 32.2. The van der Waals surface area contributed by atoms with Gasteiger partial charge in [-0.3, -0.25) is 0 Å². The van der Waals surface area contributed by atoms with E-state index in [1.807, 2.05) is 13.8 Å². The predicted octanol–water partition coefficient (Wildman–Crippen LogP) is 3.19. The van der Waals surface area contributed by atoms with E-state index in [0.29, 0.717) is 10.0 Å². The number of fused-ring (bicyclic) bond motifs is 1. The third kappa shape index (κ3) is 2.02. The number of hydrogen-bond acceptors (Lipinski definition) is 3. The van der Waals surface area contributed by atoms with Crippen molar-refractivity contribution >= 4 is 15.9 Å². The van der Waals surface area contributed by atoms with Crippen LogP contribution in [0.2, 0.25) is 0 Å². The van der Waals surface area contributed by atoms with Crippen molar-refractivity contribution < 1.29 is 14.6 Å². The molecule has 1 aromatic carbocycles. The summed E-state index contributed by atoms with van der Waals surface area (Å²) in [4.78, 5) is 2.24. The molecule has 22 heavy (non-hydrogen) atoms. The molecular weight excluding hydrogens is 349 g/mol. The predicted molar refractivity (Wildman–Crippen MR) is 87.0 cm³/mol. The van der Waals surface area contributed by atoms with Gasteiger partial charge in [-0.25, -0.2) is 4.39 Å². The van der Waals surface area contributed by atoms with E-state index in [9.17, 15) is 14.6 Å². The van der Waals surface area contributed by atoms with Crippen LogP contribution >= 0.6 is 15.9 Å². The van der Waals surface area contributed by atoms with E-state index in [4.69, 9.17) is 0 Å². The van der Waals surface area contributed by atoms with Gasteiger partial charge in [0.25, 0.3) is 0 Å². The third-order valence-corrected chi connectivity index (χ3v) is 6.43. The van der Waals surface area contributed by atoms with Gasteiger partial charge in [-0.15, -0.1) is 0 Å². The zero-order chi connectivity index (χ0) is 16.3. The second kappa shape index (κ2) is 5.26. The largest absolute Gasteiger partial charge is 0.388 e. The molecule has 0 bridgehead atoms. The van der Waals surface area contributed by atoms with Crippen molar-refractivity contribution in [3.8, 4) is 0 Å². The average molecular weight is 372 g/mol. The summed E-state index contributed by atoms with van der Waals surface area (Å²) >= 11 is 3.47. The van der Waals surface area contributed by atoms with Gasteiger partial charge in [0.2, 0.25) is 0 Å². The second-order valence-corrected chi connectivity index (χ2v) is 8.14. The molecule has 122 valence electrons. The van der Waals surface area contributed by atoms with Crippen LogP contribution in [0, 0.1) is 17.2 Å². The monoisotopic (exact) mass is 371 g/mol. The molecule has 3 rings (SSSR count). The van der Waals surface area contributed by atoms with Crippen LogP contribution in [0.15, 0.2) is 16.6 Å². The highest BCUT2D eigenvalue weighted by atomic mass is 79.9. The molecule has 1 fully saturated rings. The minimum Gasteiger partial charge on any atom is -0.388 e. The summed E-state index contributed by atoms with van der Waals surface area (Å²) in [6.45, 7) is 5.48. The van der Waals surface area contributed by atoms with Gasteiger partial charge >= 0.3 is 0 Å². The van der Waals surface area contributed by atoms with Crippen LogP contribution in [0.5, 0.6) is 0 Å². The lowest BCUT2D eigenvalue weighted by Crippen LogP contribution is -2.50. The molecule has 3 nitrogen and oxygen atoms in total. The van der Waals surface area contributed by atoms with Crippen molar-refractivity contribution in [2.45, 2.75) is 38.4 Å². The highest BCUT2D eigenvalue weighted by Gasteiger charge is 2.61. The van der Waals surface area contributed by atoms with Crippen LogP contribution < -0.4 is 0 Å². The van der Waals surface area contributed by atoms with Gasteiger partial charge in [-0.1, -0.05) is 29.8 Å². The first-order valence-electron chi connectivity index (χ1n) is 7.78. The van der Waals surface area contributed by atoms with E-state index in [1.54, 1.807) is 6.07 Å². The molecule has 2 aliphatic rings. The SMILES string of the molecule is CN1CCC(C2(O)c3c(Br)ccc(F)c3C(O)C2(C)C)CC1. The van der Waals surface area contributed by atoms with Gasteiger partial charge < -0.3 is 15.1 Å². The lowest BCUT2D eigenvalue weighted by Gasteiger charge is -2.47. The lowest BCUT2D eigenvalue weighted by atomic mass is 9.65. The van der Waals surface area contributed by atoms with Gasteiger partial charge in [0.05, 0.1) is 6.10 Å². The molecule has 1 aliphatic carbocycles. The lowest BCUT2D eigenvalue weighted by molar-refractivity contribution is -0.158. The molecule has 2 atom stereocenters. The quantitative estimate of drug-likeness (QED) is 0.796. The number of halogens is 2. The van der Waals surface area contributed by atoms with Crippen molar-refractivity contribution in [1.82, 2.24) is 4.90 Å².